The highest BCUT2D eigenvalue weighted by molar-refractivity contribution is 7.89. The molecule has 7 heteroatoms. The number of sulfonamides is 1. The molecule has 1 saturated carbocycles. The predicted molar refractivity (Wildman–Crippen MR) is 109 cm³/mol. The van der Waals surface area contributed by atoms with Crippen molar-refractivity contribution in [1.82, 2.24) is 9.62 Å². The molecule has 2 aliphatic rings. The van der Waals surface area contributed by atoms with Gasteiger partial charge in [0.15, 0.2) is 0 Å². The molecule has 1 N–H and O–H groups in total. The molecule has 0 aromatic heterocycles. The van der Waals surface area contributed by atoms with Gasteiger partial charge in [-0.2, -0.15) is 4.31 Å². The molecule has 1 unspecified atom stereocenters. The summed E-state index contributed by atoms with van der Waals surface area (Å²) in [5, 5.41) is 2.92. The maximum atomic E-state index is 12.8. The van der Waals surface area contributed by atoms with E-state index in [4.69, 9.17) is 4.74 Å². The minimum absolute atomic E-state index is 0.00578. The highest BCUT2D eigenvalue weighted by Crippen LogP contribution is 2.26. The van der Waals surface area contributed by atoms with Crippen LogP contribution in [-0.4, -0.2) is 49.7 Å². The Labute approximate surface area is 168 Å². The molecular weight excluding hydrogens is 376 g/mol. The summed E-state index contributed by atoms with van der Waals surface area (Å²) in [5.41, 5.74) is 2.02. The quantitative estimate of drug-likeness (QED) is 0.671. The second-order valence-electron chi connectivity index (χ2n) is 7.71. The largest absolute Gasteiger partial charge is 0.378 e. The Hall–Kier alpha value is -1.44. The van der Waals surface area contributed by atoms with Crippen molar-refractivity contribution < 1.29 is 17.9 Å². The van der Waals surface area contributed by atoms with E-state index in [0.29, 0.717) is 25.7 Å². The van der Waals surface area contributed by atoms with Crippen molar-refractivity contribution in [2.45, 2.75) is 70.6 Å². The molecular formula is C21H32N2O4S. The summed E-state index contributed by atoms with van der Waals surface area (Å²) in [6.07, 6.45) is 7.58. The van der Waals surface area contributed by atoms with Gasteiger partial charge in [-0.25, -0.2) is 8.42 Å². The normalized spacial score (nSPS) is 21.2. The van der Waals surface area contributed by atoms with Gasteiger partial charge in [0.2, 0.25) is 15.9 Å². The van der Waals surface area contributed by atoms with Crippen LogP contribution in [0.1, 0.15) is 56.6 Å². The lowest BCUT2D eigenvalue weighted by Gasteiger charge is -2.34. The van der Waals surface area contributed by atoms with Gasteiger partial charge in [0.25, 0.3) is 0 Å². The van der Waals surface area contributed by atoms with Crippen LogP contribution in [0.4, 0.5) is 0 Å². The number of carbonyl (C=O) groups is 1. The Morgan fingerprint density at radius 1 is 1.18 bits per heavy atom. The molecule has 1 amide bonds. The van der Waals surface area contributed by atoms with E-state index in [0.717, 1.165) is 30.4 Å². The zero-order chi connectivity index (χ0) is 20.0. The van der Waals surface area contributed by atoms with E-state index >= 15 is 0 Å². The Bertz CT molecular complexity index is 759. The number of rotatable bonds is 8. The Morgan fingerprint density at radius 3 is 2.61 bits per heavy atom. The molecule has 1 atom stereocenters. The van der Waals surface area contributed by atoms with Crippen LogP contribution >= 0.6 is 0 Å². The molecule has 0 radical (unpaired) electrons. The lowest BCUT2D eigenvalue weighted by molar-refractivity contribution is -0.125. The molecule has 0 bridgehead atoms. The van der Waals surface area contributed by atoms with Crippen molar-refractivity contribution in [1.29, 1.82) is 0 Å². The number of amides is 1. The van der Waals surface area contributed by atoms with Crippen molar-refractivity contribution in [2.24, 2.45) is 0 Å². The van der Waals surface area contributed by atoms with E-state index in [9.17, 15) is 13.2 Å². The standard InChI is InChI=1S/C21H32N2O4S/c1-2-28(25,26)23-16-18-10-7-6-9-17(18)15-20(23)21(24)22-13-8-14-27-19-11-4-3-5-12-19/h6-7,9-10,19-20H,2-5,8,11-16H2,1H3,(H,22,24). The van der Waals surface area contributed by atoms with Crippen LogP contribution in [0.2, 0.25) is 0 Å². The van der Waals surface area contributed by atoms with Gasteiger partial charge >= 0.3 is 0 Å². The Kier molecular flexibility index (Phi) is 7.48. The fourth-order valence-electron chi connectivity index (χ4n) is 4.06. The number of ether oxygens (including phenoxy) is 1. The minimum atomic E-state index is -3.46. The molecule has 1 aliphatic heterocycles. The zero-order valence-corrected chi connectivity index (χ0v) is 17.5. The molecule has 0 saturated heterocycles. The van der Waals surface area contributed by atoms with Gasteiger partial charge in [-0.3, -0.25) is 4.79 Å². The lowest BCUT2D eigenvalue weighted by atomic mass is 9.95. The zero-order valence-electron chi connectivity index (χ0n) is 16.7. The highest BCUT2D eigenvalue weighted by atomic mass is 32.2. The van der Waals surface area contributed by atoms with Crippen LogP contribution in [0, 0.1) is 0 Å². The maximum Gasteiger partial charge on any atom is 0.238 e. The summed E-state index contributed by atoms with van der Waals surface area (Å²) < 4.78 is 32.4. The average molecular weight is 409 g/mol. The molecule has 156 valence electrons. The third-order valence-corrected chi connectivity index (χ3v) is 7.58. The van der Waals surface area contributed by atoms with Crippen molar-refractivity contribution in [3.63, 3.8) is 0 Å². The summed E-state index contributed by atoms with van der Waals surface area (Å²) in [6.45, 7) is 3.02. The van der Waals surface area contributed by atoms with Crippen LogP contribution in [0.25, 0.3) is 0 Å². The summed E-state index contributed by atoms with van der Waals surface area (Å²) >= 11 is 0. The molecule has 1 aromatic rings. The van der Waals surface area contributed by atoms with Gasteiger partial charge < -0.3 is 10.1 Å². The van der Waals surface area contributed by atoms with Crippen molar-refractivity contribution in [3.05, 3.63) is 35.4 Å². The number of hydrogen-bond donors (Lipinski definition) is 1. The third-order valence-electron chi connectivity index (χ3n) is 5.76. The number of hydrogen-bond acceptors (Lipinski definition) is 4. The lowest BCUT2D eigenvalue weighted by Crippen LogP contribution is -2.53. The smallest absolute Gasteiger partial charge is 0.238 e. The fourth-order valence-corrected chi connectivity index (χ4v) is 5.29. The summed E-state index contributed by atoms with van der Waals surface area (Å²) in [5.74, 6) is -0.224. The maximum absolute atomic E-state index is 12.8. The molecule has 6 nitrogen and oxygen atoms in total. The second-order valence-corrected chi connectivity index (χ2v) is 9.92. The summed E-state index contributed by atoms with van der Waals surface area (Å²) in [7, 11) is -3.46. The first kappa shape index (κ1) is 21.3. The van der Waals surface area contributed by atoms with E-state index in [-0.39, 0.29) is 18.2 Å². The molecule has 0 spiro atoms. The van der Waals surface area contributed by atoms with Gasteiger partial charge in [0.1, 0.15) is 6.04 Å². The van der Waals surface area contributed by atoms with Crippen LogP contribution < -0.4 is 5.32 Å². The number of nitrogens with zero attached hydrogens (tertiary/aromatic N) is 1. The van der Waals surface area contributed by atoms with Crippen LogP contribution in [0.3, 0.4) is 0 Å². The first-order valence-electron chi connectivity index (χ1n) is 10.5. The Morgan fingerprint density at radius 2 is 1.89 bits per heavy atom. The van der Waals surface area contributed by atoms with Crippen LogP contribution in [0.15, 0.2) is 24.3 Å². The van der Waals surface area contributed by atoms with E-state index < -0.39 is 16.1 Å². The van der Waals surface area contributed by atoms with E-state index in [1.54, 1.807) is 6.92 Å². The van der Waals surface area contributed by atoms with E-state index in [1.807, 2.05) is 24.3 Å². The van der Waals surface area contributed by atoms with Gasteiger partial charge in [-0.05, 0) is 43.7 Å². The summed E-state index contributed by atoms with van der Waals surface area (Å²) in [6, 6.07) is 7.07. The van der Waals surface area contributed by atoms with Crippen LogP contribution in [-0.2, 0) is 32.5 Å². The third kappa shape index (κ3) is 5.33. The number of benzene rings is 1. The molecule has 1 fully saturated rings. The number of carbonyl (C=O) groups excluding carboxylic acids is 1. The van der Waals surface area contributed by atoms with Gasteiger partial charge in [0, 0.05) is 19.7 Å². The molecule has 1 aliphatic carbocycles. The van der Waals surface area contributed by atoms with Gasteiger partial charge in [-0.15, -0.1) is 0 Å². The highest BCUT2D eigenvalue weighted by Gasteiger charge is 2.37. The molecule has 1 heterocycles. The molecule has 1 aromatic carbocycles. The first-order chi connectivity index (χ1) is 13.5. The number of nitrogens with one attached hydrogen (secondary N) is 1. The predicted octanol–water partition coefficient (Wildman–Crippen LogP) is 2.62. The minimum Gasteiger partial charge on any atom is -0.378 e. The number of fused-ring (bicyclic) bond motifs is 1. The average Bonchev–Trinajstić information content (AvgIpc) is 2.73. The topological polar surface area (TPSA) is 75.7 Å². The first-order valence-corrected chi connectivity index (χ1v) is 12.1. The van der Waals surface area contributed by atoms with Crippen molar-refractivity contribution in [3.8, 4) is 0 Å². The monoisotopic (exact) mass is 408 g/mol. The van der Waals surface area contributed by atoms with Crippen LogP contribution in [0.5, 0.6) is 0 Å². The van der Waals surface area contributed by atoms with E-state index in [2.05, 4.69) is 5.32 Å². The van der Waals surface area contributed by atoms with E-state index in [1.165, 1.54) is 23.6 Å². The molecule has 28 heavy (non-hydrogen) atoms. The summed E-state index contributed by atoms with van der Waals surface area (Å²) in [4.78, 5) is 12.8. The fraction of sp³-hybridized carbons (Fsp3) is 0.667. The van der Waals surface area contributed by atoms with Gasteiger partial charge in [0.05, 0.1) is 11.9 Å². The van der Waals surface area contributed by atoms with Gasteiger partial charge in [-0.1, -0.05) is 43.5 Å². The van der Waals surface area contributed by atoms with Crippen molar-refractivity contribution in [2.75, 3.05) is 18.9 Å². The Balaban J connectivity index is 1.54. The SMILES string of the molecule is CCS(=O)(=O)N1Cc2ccccc2CC1C(=O)NCCCOC1CCCCC1. The molecule has 3 rings (SSSR count). The van der Waals surface area contributed by atoms with Crippen molar-refractivity contribution >= 4 is 15.9 Å². The second kappa shape index (κ2) is 9.85.